The molecule has 1 aromatic heterocycles. The van der Waals surface area contributed by atoms with Gasteiger partial charge >= 0.3 is 0 Å². The highest BCUT2D eigenvalue weighted by atomic mass is 16.5. The third-order valence-corrected chi connectivity index (χ3v) is 5.20. The largest absolute Gasteiger partial charge is 0.493 e. The highest BCUT2D eigenvalue weighted by molar-refractivity contribution is 6.07. The maximum atomic E-state index is 12.6. The van der Waals surface area contributed by atoms with Crippen molar-refractivity contribution in [1.82, 2.24) is 10.3 Å². The zero-order valence-electron chi connectivity index (χ0n) is 18.6. The van der Waals surface area contributed by atoms with Crippen molar-refractivity contribution in [2.45, 2.75) is 13.8 Å². The molecule has 0 bridgehead atoms. The monoisotopic (exact) mass is 430 g/mol. The van der Waals surface area contributed by atoms with Gasteiger partial charge < -0.3 is 19.5 Å². The zero-order valence-corrected chi connectivity index (χ0v) is 18.6. The third kappa shape index (κ3) is 4.30. The van der Waals surface area contributed by atoms with Crippen molar-refractivity contribution in [2.75, 3.05) is 20.8 Å². The number of ether oxygens (including phenoxy) is 3. The van der Waals surface area contributed by atoms with Crippen LogP contribution in [-0.2, 0) is 0 Å². The topological polar surface area (TPSA) is 69.7 Å². The fourth-order valence-corrected chi connectivity index (χ4v) is 3.58. The first kappa shape index (κ1) is 21.4. The van der Waals surface area contributed by atoms with E-state index in [1.165, 1.54) is 0 Å². The molecular weight excluding hydrogens is 404 g/mol. The van der Waals surface area contributed by atoms with E-state index in [2.05, 4.69) is 24.1 Å². The second-order valence-corrected chi connectivity index (χ2v) is 7.93. The van der Waals surface area contributed by atoms with Gasteiger partial charge in [-0.2, -0.15) is 0 Å². The highest BCUT2D eigenvalue weighted by Gasteiger charge is 2.13. The van der Waals surface area contributed by atoms with E-state index in [-0.39, 0.29) is 5.91 Å². The second kappa shape index (κ2) is 9.14. The Balaban J connectivity index is 1.68. The number of hydrogen-bond donors (Lipinski definition) is 1. The van der Waals surface area contributed by atoms with Crippen molar-refractivity contribution in [3.63, 3.8) is 0 Å². The SMILES string of the molecule is COc1cc2nccc(Oc3ccc4c(C(=O)NCC(C)C)cccc4c3)c2cc1OC. The van der Waals surface area contributed by atoms with Gasteiger partial charge in [-0.15, -0.1) is 0 Å². The molecule has 6 nitrogen and oxygen atoms in total. The summed E-state index contributed by atoms with van der Waals surface area (Å²) in [6, 6.07) is 16.9. The summed E-state index contributed by atoms with van der Waals surface area (Å²) in [4.78, 5) is 17.0. The molecule has 0 radical (unpaired) electrons. The molecule has 6 heteroatoms. The minimum absolute atomic E-state index is 0.0702. The first-order valence-corrected chi connectivity index (χ1v) is 10.5. The summed E-state index contributed by atoms with van der Waals surface area (Å²) in [5.41, 5.74) is 1.39. The number of nitrogens with zero attached hydrogens (tertiary/aromatic N) is 1. The number of benzene rings is 3. The average molecular weight is 431 g/mol. The summed E-state index contributed by atoms with van der Waals surface area (Å²) in [7, 11) is 3.19. The number of rotatable bonds is 7. The van der Waals surface area contributed by atoms with Gasteiger partial charge in [-0.1, -0.05) is 26.0 Å². The Bertz CT molecular complexity index is 1280. The van der Waals surface area contributed by atoms with Gasteiger partial charge in [0.25, 0.3) is 5.91 Å². The number of carbonyl (C=O) groups excluding carboxylic acids is 1. The zero-order chi connectivity index (χ0) is 22.7. The van der Waals surface area contributed by atoms with E-state index in [0.29, 0.717) is 41.0 Å². The molecule has 0 saturated carbocycles. The minimum atomic E-state index is -0.0702. The molecule has 0 spiro atoms. The lowest BCUT2D eigenvalue weighted by atomic mass is 10.0. The van der Waals surface area contributed by atoms with Crippen LogP contribution in [-0.4, -0.2) is 31.7 Å². The van der Waals surface area contributed by atoms with Crippen LogP contribution in [0.5, 0.6) is 23.0 Å². The number of pyridine rings is 1. The van der Waals surface area contributed by atoms with Crippen molar-refractivity contribution < 1.29 is 19.0 Å². The molecule has 0 fully saturated rings. The number of nitrogens with one attached hydrogen (secondary N) is 1. The summed E-state index contributed by atoms with van der Waals surface area (Å²) in [6.07, 6.45) is 1.70. The summed E-state index contributed by atoms with van der Waals surface area (Å²) in [5.74, 6) is 2.86. The molecule has 1 heterocycles. The van der Waals surface area contributed by atoms with E-state index in [0.717, 1.165) is 21.7 Å². The first-order chi connectivity index (χ1) is 15.5. The van der Waals surface area contributed by atoms with Gasteiger partial charge in [0.05, 0.1) is 19.7 Å². The third-order valence-electron chi connectivity index (χ3n) is 5.20. The number of carbonyl (C=O) groups is 1. The smallest absolute Gasteiger partial charge is 0.251 e. The van der Waals surface area contributed by atoms with Crippen LogP contribution in [0.2, 0.25) is 0 Å². The molecule has 4 aromatic rings. The van der Waals surface area contributed by atoms with Crippen molar-refractivity contribution in [3.8, 4) is 23.0 Å². The van der Waals surface area contributed by atoms with Crippen LogP contribution >= 0.6 is 0 Å². The minimum Gasteiger partial charge on any atom is -0.493 e. The van der Waals surface area contributed by atoms with Crippen LogP contribution in [0, 0.1) is 5.92 Å². The van der Waals surface area contributed by atoms with Crippen LogP contribution in [0.25, 0.3) is 21.7 Å². The van der Waals surface area contributed by atoms with Gasteiger partial charge in [0.2, 0.25) is 0 Å². The number of amides is 1. The molecule has 4 rings (SSSR count). The maximum Gasteiger partial charge on any atom is 0.251 e. The second-order valence-electron chi connectivity index (χ2n) is 7.93. The highest BCUT2D eigenvalue weighted by Crippen LogP contribution is 2.37. The molecule has 0 saturated heterocycles. The number of hydrogen-bond acceptors (Lipinski definition) is 5. The number of methoxy groups -OCH3 is 2. The van der Waals surface area contributed by atoms with Gasteiger partial charge in [0, 0.05) is 29.8 Å². The van der Waals surface area contributed by atoms with Crippen LogP contribution in [0.4, 0.5) is 0 Å². The molecular formula is C26H26N2O4. The van der Waals surface area contributed by atoms with Crippen LogP contribution in [0.15, 0.2) is 60.8 Å². The predicted molar refractivity (Wildman–Crippen MR) is 126 cm³/mol. The Morgan fingerprint density at radius 3 is 2.47 bits per heavy atom. The maximum absolute atomic E-state index is 12.6. The van der Waals surface area contributed by atoms with Crippen LogP contribution in [0.1, 0.15) is 24.2 Å². The van der Waals surface area contributed by atoms with Gasteiger partial charge in [-0.05, 0) is 53.1 Å². The van der Waals surface area contributed by atoms with E-state index in [9.17, 15) is 4.79 Å². The van der Waals surface area contributed by atoms with Crippen LogP contribution < -0.4 is 19.5 Å². The van der Waals surface area contributed by atoms with E-state index in [1.54, 1.807) is 20.4 Å². The van der Waals surface area contributed by atoms with Crippen molar-refractivity contribution in [1.29, 1.82) is 0 Å². The quantitative estimate of drug-likeness (QED) is 0.414. The van der Waals surface area contributed by atoms with E-state index >= 15 is 0 Å². The van der Waals surface area contributed by atoms with Crippen molar-refractivity contribution in [3.05, 3.63) is 66.4 Å². The number of fused-ring (bicyclic) bond motifs is 2. The molecule has 164 valence electrons. The molecule has 0 aliphatic heterocycles. The molecule has 0 atom stereocenters. The Morgan fingerprint density at radius 1 is 0.938 bits per heavy atom. The summed E-state index contributed by atoms with van der Waals surface area (Å²) in [5, 5.41) is 5.61. The Kier molecular flexibility index (Phi) is 6.12. The fraction of sp³-hybridized carbons (Fsp3) is 0.231. The van der Waals surface area contributed by atoms with E-state index in [4.69, 9.17) is 14.2 Å². The first-order valence-electron chi connectivity index (χ1n) is 10.5. The van der Waals surface area contributed by atoms with E-state index < -0.39 is 0 Å². The van der Waals surface area contributed by atoms with Crippen molar-refractivity contribution >= 4 is 27.6 Å². The average Bonchev–Trinajstić information content (AvgIpc) is 2.81. The lowest BCUT2D eigenvalue weighted by Crippen LogP contribution is -2.27. The molecule has 32 heavy (non-hydrogen) atoms. The summed E-state index contributed by atoms with van der Waals surface area (Å²) in [6.45, 7) is 4.78. The molecule has 0 aliphatic rings. The molecule has 0 unspecified atom stereocenters. The standard InChI is InChI=1S/C26H26N2O4/c1-16(2)15-28-26(29)20-7-5-6-17-12-18(8-9-19(17)20)32-23-10-11-27-22-14-25(31-4)24(30-3)13-21(22)23/h5-14,16H,15H2,1-4H3,(H,28,29). The van der Waals surface area contributed by atoms with Crippen LogP contribution in [0.3, 0.4) is 0 Å². The summed E-state index contributed by atoms with van der Waals surface area (Å²) >= 11 is 0. The van der Waals surface area contributed by atoms with Gasteiger partial charge in [0.15, 0.2) is 11.5 Å². The molecule has 1 amide bonds. The fourth-order valence-electron chi connectivity index (χ4n) is 3.58. The van der Waals surface area contributed by atoms with Gasteiger partial charge in [-0.25, -0.2) is 0 Å². The lowest BCUT2D eigenvalue weighted by Gasteiger charge is -2.13. The summed E-state index contributed by atoms with van der Waals surface area (Å²) < 4.78 is 17.0. The lowest BCUT2D eigenvalue weighted by molar-refractivity contribution is 0.0950. The van der Waals surface area contributed by atoms with Crippen molar-refractivity contribution in [2.24, 2.45) is 5.92 Å². The van der Waals surface area contributed by atoms with Gasteiger partial charge in [0.1, 0.15) is 11.5 Å². The molecule has 0 aliphatic carbocycles. The molecule has 1 N–H and O–H groups in total. The predicted octanol–water partition coefficient (Wildman–Crippen LogP) is 5.58. The Morgan fingerprint density at radius 2 is 1.72 bits per heavy atom. The van der Waals surface area contributed by atoms with Gasteiger partial charge in [-0.3, -0.25) is 9.78 Å². The molecule has 3 aromatic carbocycles. The van der Waals surface area contributed by atoms with E-state index in [1.807, 2.05) is 54.6 Å². The number of aromatic nitrogens is 1. The normalized spacial score (nSPS) is 11.0. The Hall–Kier alpha value is -3.80. The Labute approximate surface area is 187 Å².